The van der Waals surface area contributed by atoms with Crippen molar-refractivity contribution in [2.24, 2.45) is 0 Å². The standard InChI is InChI=1S/C7H6O9/c8-2-1(7(12)16-14)6(15-13)5(11)4(10)3(2)9/h8-11,13-14H. The number of hydrogen-bond acceptors (Lipinski definition) is 9. The molecule has 0 aliphatic carbocycles. The van der Waals surface area contributed by atoms with Gasteiger partial charge >= 0.3 is 5.97 Å². The molecule has 0 unspecified atom stereocenters. The second-order valence-corrected chi connectivity index (χ2v) is 2.57. The van der Waals surface area contributed by atoms with Crippen molar-refractivity contribution in [3.05, 3.63) is 5.56 Å². The molecule has 9 heteroatoms. The largest absolute Gasteiger partial charge is 0.503 e. The molecule has 9 nitrogen and oxygen atoms in total. The van der Waals surface area contributed by atoms with Gasteiger partial charge in [-0.1, -0.05) is 0 Å². The summed E-state index contributed by atoms with van der Waals surface area (Å²) < 4.78 is 0. The molecule has 0 atom stereocenters. The third-order valence-corrected chi connectivity index (χ3v) is 1.73. The van der Waals surface area contributed by atoms with E-state index in [1.807, 2.05) is 0 Å². The van der Waals surface area contributed by atoms with Crippen LogP contribution in [-0.2, 0) is 4.89 Å². The molecular weight excluding hydrogens is 228 g/mol. The van der Waals surface area contributed by atoms with Gasteiger partial charge in [-0.15, -0.1) is 0 Å². The minimum absolute atomic E-state index is 1.07. The zero-order valence-electron chi connectivity index (χ0n) is 7.41. The SMILES string of the molecule is O=C(OO)c1c(O)c(O)c(O)c(O)c1OO. The van der Waals surface area contributed by atoms with Gasteiger partial charge in [0.1, 0.15) is 0 Å². The van der Waals surface area contributed by atoms with E-state index in [0.717, 1.165) is 0 Å². The van der Waals surface area contributed by atoms with E-state index in [0.29, 0.717) is 0 Å². The third-order valence-electron chi connectivity index (χ3n) is 1.73. The van der Waals surface area contributed by atoms with Crippen molar-refractivity contribution in [2.45, 2.75) is 0 Å². The van der Waals surface area contributed by atoms with Gasteiger partial charge in [-0.25, -0.2) is 10.1 Å². The molecule has 0 saturated carbocycles. The molecular formula is C7H6O9. The fourth-order valence-corrected chi connectivity index (χ4v) is 1.00. The van der Waals surface area contributed by atoms with Gasteiger partial charge in [-0.05, 0) is 0 Å². The summed E-state index contributed by atoms with van der Waals surface area (Å²) in [6.45, 7) is 0. The molecule has 16 heavy (non-hydrogen) atoms. The number of hydrogen-bond donors (Lipinski definition) is 6. The van der Waals surface area contributed by atoms with E-state index >= 15 is 0 Å². The normalized spacial score (nSPS) is 9.88. The van der Waals surface area contributed by atoms with Crippen molar-refractivity contribution in [1.82, 2.24) is 0 Å². The van der Waals surface area contributed by atoms with Gasteiger partial charge in [0.15, 0.2) is 11.3 Å². The van der Waals surface area contributed by atoms with Crippen molar-refractivity contribution in [3.8, 4) is 28.7 Å². The van der Waals surface area contributed by atoms with Gasteiger partial charge < -0.3 is 25.3 Å². The number of benzene rings is 1. The highest BCUT2D eigenvalue weighted by atomic mass is 17.1. The van der Waals surface area contributed by atoms with Gasteiger partial charge in [0.05, 0.1) is 0 Å². The van der Waals surface area contributed by atoms with Crippen LogP contribution in [0.5, 0.6) is 28.7 Å². The van der Waals surface area contributed by atoms with Crippen LogP contribution in [0.25, 0.3) is 0 Å². The Balaban J connectivity index is 3.64. The Morgan fingerprint density at radius 2 is 1.38 bits per heavy atom. The van der Waals surface area contributed by atoms with E-state index in [4.69, 9.17) is 25.8 Å². The monoisotopic (exact) mass is 234 g/mol. The third kappa shape index (κ3) is 1.49. The molecule has 0 radical (unpaired) electrons. The second kappa shape index (κ2) is 4.00. The molecule has 0 aliphatic heterocycles. The maximum Gasteiger partial charge on any atom is 0.380 e. The zero-order chi connectivity index (χ0) is 12.5. The first-order valence-corrected chi connectivity index (χ1v) is 3.62. The van der Waals surface area contributed by atoms with Crippen LogP contribution in [0.2, 0.25) is 0 Å². The summed E-state index contributed by atoms with van der Waals surface area (Å²) in [5.74, 6) is -7.68. The average Bonchev–Trinajstić information content (AvgIpc) is 2.29. The Hall–Kier alpha value is -2.39. The Morgan fingerprint density at radius 1 is 0.875 bits per heavy atom. The number of carbonyl (C=O) groups is 1. The summed E-state index contributed by atoms with van der Waals surface area (Å²) in [5.41, 5.74) is -1.07. The smallest absolute Gasteiger partial charge is 0.380 e. The number of rotatable bonds is 2. The number of carbonyl (C=O) groups excluding carboxylic acids is 1. The van der Waals surface area contributed by atoms with Crippen molar-refractivity contribution < 1.29 is 45.5 Å². The quantitative estimate of drug-likeness (QED) is 0.179. The maximum atomic E-state index is 10.9. The maximum absolute atomic E-state index is 10.9. The fourth-order valence-electron chi connectivity index (χ4n) is 1.00. The van der Waals surface area contributed by atoms with E-state index in [9.17, 15) is 9.90 Å². The molecule has 0 fully saturated rings. The first-order valence-electron chi connectivity index (χ1n) is 3.62. The van der Waals surface area contributed by atoms with Crippen LogP contribution < -0.4 is 4.89 Å². The predicted molar refractivity (Wildman–Crippen MR) is 44.4 cm³/mol. The number of phenols is 4. The summed E-state index contributed by atoms with van der Waals surface area (Å²) in [7, 11) is 0. The molecule has 0 aliphatic rings. The van der Waals surface area contributed by atoms with Crippen molar-refractivity contribution in [2.75, 3.05) is 0 Å². The van der Waals surface area contributed by atoms with Crippen molar-refractivity contribution in [1.29, 1.82) is 0 Å². The molecule has 6 N–H and O–H groups in total. The van der Waals surface area contributed by atoms with Crippen LogP contribution in [0.1, 0.15) is 10.4 Å². The number of phenolic OH excluding ortho intramolecular Hbond substituents is 4. The van der Waals surface area contributed by atoms with Gasteiger partial charge in [-0.3, -0.25) is 4.89 Å². The molecule has 0 spiro atoms. The topological polar surface area (TPSA) is 157 Å². The summed E-state index contributed by atoms with van der Waals surface area (Å²) in [5, 5.41) is 52.8. The van der Waals surface area contributed by atoms with E-state index < -0.39 is 40.3 Å². The Bertz CT molecular complexity index is 438. The highest BCUT2D eigenvalue weighted by molar-refractivity contribution is 5.98. The van der Waals surface area contributed by atoms with Gasteiger partial charge in [0.2, 0.25) is 23.0 Å². The van der Waals surface area contributed by atoms with E-state index in [1.165, 1.54) is 0 Å². The molecule has 0 amide bonds. The first kappa shape index (κ1) is 11.7. The van der Waals surface area contributed by atoms with Crippen LogP contribution in [-0.4, -0.2) is 36.9 Å². The van der Waals surface area contributed by atoms with Gasteiger partial charge in [0, 0.05) is 0 Å². The highest BCUT2D eigenvalue weighted by Crippen LogP contribution is 2.51. The van der Waals surface area contributed by atoms with Crippen LogP contribution >= 0.6 is 0 Å². The van der Waals surface area contributed by atoms with Crippen molar-refractivity contribution >= 4 is 5.97 Å². The lowest BCUT2D eigenvalue weighted by Gasteiger charge is -2.10. The van der Waals surface area contributed by atoms with Crippen LogP contribution in [0.4, 0.5) is 0 Å². The molecule has 0 heterocycles. The number of aromatic hydroxyl groups is 4. The van der Waals surface area contributed by atoms with Gasteiger partial charge in [0.25, 0.3) is 0 Å². The van der Waals surface area contributed by atoms with E-state index in [2.05, 4.69) is 9.78 Å². The molecule has 88 valence electrons. The molecule has 1 aromatic rings. The average molecular weight is 234 g/mol. The Labute approximate surface area is 86.8 Å². The van der Waals surface area contributed by atoms with Crippen LogP contribution in [0, 0.1) is 0 Å². The minimum atomic E-state index is -1.63. The van der Waals surface area contributed by atoms with Crippen LogP contribution in [0.3, 0.4) is 0 Å². The zero-order valence-corrected chi connectivity index (χ0v) is 7.41. The molecule has 0 bridgehead atoms. The summed E-state index contributed by atoms with van der Waals surface area (Å²) in [6.07, 6.45) is 0. The van der Waals surface area contributed by atoms with E-state index in [-0.39, 0.29) is 0 Å². The minimum Gasteiger partial charge on any atom is -0.503 e. The highest BCUT2D eigenvalue weighted by Gasteiger charge is 2.30. The fraction of sp³-hybridized carbons (Fsp3) is 0. The van der Waals surface area contributed by atoms with Gasteiger partial charge in [-0.2, -0.15) is 5.26 Å². The molecule has 1 aromatic carbocycles. The summed E-state index contributed by atoms with van der Waals surface area (Å²) >= 11 is 0. The summed E-state index contributed by atoms with van der Waals surface area (Å²) in [6, 6.07) is 0. The summed E-state index contributed by atoms with van der Waals surface area (Å²) in [4.78, 5) is 17.6. The Morgan fingerprint density at radius 3 is 1.81 bits per heavy atom. The lowest BCUT2D eigenvalue weighted by Crippen LogP contribution is -2.05. The molecule has 0 saturated heterocycles. The lowest BCUT2D eigenvalue weighted by molar-refractivity contribution is -0.184. The second-order valence-electron chi connectivity index (χ2n) is 2.57. The van der Waals surface area contributed by atoms with Crippen LogP contribution in [0.15, 0.2) is 0 Å². The van der Waals surface area contributed by atoms with E-state index in [1.54, 1.807) is 0 Å². The lowest BCUT2D eigenvalue weighted by atomic mass is 10.1. The Kier molecular flexibility index (Phi) is 2.92. The van der Waals surface area contributed by atoms with Crippen molar-refractivity contribution in [3.63, 3.8) is 0 Å². The first-order chi connectivity index (χ1) is 7.45. The molecule has 1 rings (SSSR count). The molecule has 0 aromatic heterocycles. The predicted octanol–water partition coefficient (Wildman–Crippen LogP) is -0.00940.